The van der Waals surface area contributed by atoms with Gasteiger partial charge in [0.05, 0.1) is 11.9 Å². The van der Waals surface area contributed by atoms with Crippen molar-refractivity contribution in [3.8, 4) is 11.1 Å². The molecule has 0 saturated carbocycles. The average Bonchev–Trinajstić information content (AvgIpc) is 3.43. The first-order valence-corrected chi connectivity index (χ1v) is 16.1. The van der Waals surface area contributed by atoms with Crippen molar-refractivity contribution in [3.63, 3.8) is 0 Å². The van der Waals surface area contributed by atoms with Gasteiger partial charge >= 0.3 is 0 Å². The van der Waals surface area contributed by atoms with E-state index in [0.717, 1.165) is 23.3 Å². The minimum absolute atomic E-state index is 0.297. The van der Waals surface area contributed by atoms with Gasteiger partial charge in [-0.05, 0) is 66.7 Å². The van der Waals surface area contributed by atoms with Crippen molar-refractivity contribution in [1.82, 2.24) is 9.78 Å². The molecule has 0 spiro atoms. The van der Waals surface area contributed by atoms with E-state index in [1.54, 1.807) is 11.6 Å². The van der Waals surface area contributed by atoms with Gasteiger partial charge in [-0.3, -0.25) is 0 Å². The molecule has 0 fully saturated rings. The summed E-state index contributed by atoms with van der Waals surface area (Å²) in [5.41, 5.74) is 8.47. The summed E-state index contributed by atoms with van der Waals surface area (Å²) in [4.78, 5) is 0. The van der Waals surface area contributed by atoms with Gasteiger partial charge in [0.15, 0.2) is 5.82 Å². The zero-order valence-electron chi connectivity index (χ0n) is 29.4. The lowest BCUT2D eigenvalue weighted by atomic mass is 10.0. The summed E-state index contributed by atoms with van der Waals surface area (Å²) in [6.07, 6.45) is 8.33. The number of unbranched alkanes of at least 4 members (excludes halogenated alkanes) is 2. The number of aryl methyl sites for hydroxylation is 2. The molecular formula is C41H59FN2. The van der Waals surface area contributed by atoms with Crippen LogP contribution in [0, 0.1) is 19.7 Å². The quantitative estimate of drug-likeness (QED) is 0.153. The highest BCUT2D eigenvalue weighted by molar-refractivity contribution is 5.79. The molecule has 240 valence electrons. The summed E-state index contributed by atoms with van der Waals surface area (Å²) in [5.74, 6) is -0.297. The summed E-state index contributed by atoms with van der Waals surface area (Å²) in [6, 6.07) is 27.3. The molecule has 0 aliphatic carbocycles. The van der Waals surface area contributed by atoms with Crippen LogP contribution in [-0.4, -0.2) is 9.78 Å². The monoisotopic (exact) mass is 598 g/mol. The SMILES string of the molecule is C=C.C=C(/C=C(/C)n1ncc(F)c1C)c1ccccc1C.CC.CC.CCCCC.CCc1ccc(-c2ccccc2)cc1. The van der Waals surface area contributed by atoms with E-state index in [1.165, 1.54) is 47.7 Å². The second kappa shape index (κ2) is 26.6. The van der Waals surface area contributed by atoms with Crippen molar-refractivity contribution in [3.05, 3.63) is 139 Å². The van der Waals surface area contributed by atoms with Crippen molar-refractivity contribution in [2.45, 2.75) is 94.9 Å². The van der Waals surface area contributed by atoms with Gasteiger partial charge in [0.25, 0.3) is 0 Å². The second-order valence-corrected chi connectivity index (χ2v) is 9.39. The van der Waals surface area contributed by atoms with Crippen LogP contribution in [0.5, 0.6) is 0 Å². The van der Waals surface area contributed by atoms with Crippen LogP contribution in [-0.2, 0) is 6.42 Å². The van der Waals surface area contributed by atoms with E-state index in [4.69, 9.17) is 0 Å². The predicted octanol–water partition coefficient (Wildman–Crippen LogP) is 13.2. The fourth-order valence-corrected chi connectivity index (χ4v) is 3.99. The lowest BCUT2D eigenvalue weighted by Crippen LogP contribution is -1.99. The number of hydrogen-bond acceptors (Lipinski definition) is 1. The first-order chi connectivity index (χ1) is 21.3. The molecule has 0 aliphatic rings. The molecule has 3 heteroatoms. The summed E-state index contributed by atoms with van der Waals surface area (Å²) in [6.45, 7) is 30.3. The van der Waals surface area contributed by atoms with Crippen molar-refractivity contribution in [2.75, 3.05) is 0 Å². The number of benzene rings is 3. The Bertz CT molecular complexity index is 1300. The van der Waals surface area contributed by atoms with E-state index < -0.39 is 0 Å². The Kier molecular flexibility index (Phi) is 25.5. The van der Waals surface area contributed by atoms with Gasteiger partial charge < -0.3 is 0 Å². The highest BCUT2D eigenvalue weighted by Crippen LogP contribution is 2.22. The van der Waals surface area contributed by atoms with Crippen LogP contribution in [0.2, 0.25) is 0 Å². The summed E-state index contributed by atoms with van der Waals surface area (Å²) < 4.78 is 14.9. The largest absolute Gasteiger partial charge is 0.239 e. The van der Waals surface area contributed by atoms with Crippen LogP contribution in [0.15, 0.2) is 111 Å². The topological polar surface area (TPSA) is 17.8 Å². The van der Waals surface area contributed by atoms with Gasteiger partial charge in [-0.15, -0.1) is 13.2 Å². The van der Waals surface area contributed by atoms with Crippen molar-refractivity contribution in [2.24, 2.45) is 0 Å². The van der Waals surface area contributed by atoms with Gasteiger partial charge in [-0.25, -0.2) is 9.07 Å². The Morgan fingerprint density at radius 3 is 1.70 bits per heavy atom. The zero-order chi connectivity index (χ0) is 33.9. The van der Waals surface area contributed by atoms with Crippen molar-refractivity contribution >= 4 is 11.3 Å². The lowest BCUT2D eigenvalue weighted by Gasteiger charge is -2.08. The molecule has 4 aromatic rings. The summed E-state index contributed by atoms with van der Waals surface area (Å²) in [5, 5.41) is 4.02. The molecule has 1 heterocycles. The average molecular weight is 599 g/mol. The molecule has 2 nitrogen and oxygen atoms in total. The molecule has 4 rings (SSSR count). The van der Waals surface area contributed by atoms with Crippen LogP contribution >= 0.6 is 0 Å². The Balaban J connectivity index is 0. The molecule has 0 radical (unpaired) electrons. The number of allylic oxidation sites excluding steroid dienone is 3. The maximum atomic E-state index is 13.3. The van der Waals surface area contributed by atoms with E-state index in [2.05, 4.69) is 94.1 Å². The molecule has 3 aromatic carbocycles. The van der Waals surface area contributed by atoms with Gasteiger partial charge in [0, 0.05) is 5.70 Å². The highest BCUT2D eigenvalue weighted by Gasteiger charge is 2.07. The van der Waals surface area contributed by atoms with Crippen molar-refractivity contribution in [1.29, 1.82) is 0 Å². The van der Waals surface area contributed by atoms with Crippen LogP contribution in [0.4, 0.5) is 4.39 Å². The molecule has 0 amide bonds. The molecule has 0 saturated heterocycles. The van der Waals surface area contributed by atoms with Crippen molar-refractivity contribution < 1.29 is 4.39 Å². The maximum Gasteiger partial charge on any atom is 0.164 e. The van der Waals surface area contributed by atoms with Crippen LogP contribution in [0.3, 0.4) is 0 Å². The van der Waals surface area contributed by atoms with Gasteiger partial charge in [-0.1, -0.05) is 153 Å². The molecule has 0 aliphatic heterocycles. The molecule has 1 aromatic heterocycles. The van der Waals surface area contributed by atoms with E-state index in [9.17, 15) is 4.39 Å². The smallest absolute Gasteiger partial charge is 0.164 e. The van der Waals surface area contributed by atoms with E-state index in [-0.39, 0.29) is 5.82 Å². The minimum atomic E-state index is -0.297. The Morgan fingerprint density at radius 1 is 0.773 bits per heavy atom. The fraction of sp³-hybridized carbons (Fsp3) is 0.341. The second-order valence-electron chi connectivity index (χ2n) is 9.39. The van der Waals surface area contributed by atoms with Gasteiger partial charge in [0.1, 0.15) is 0 Å². The maximum absolute atomic E-state index is 13.3. The van der Waals surface area contributed by atoms with Crippen LogP contribution < -0.4 is 0 Å². The third-order valence-corrected chi connectivity index (χ3v) is 6.33. The van der Waals surface area contributed by atoms with E-state index >= 15 is 0 Å². The predicted molar refractivity (Wildman–Crippen MR) is 197 cm³/mol. The fourth-order valence-electron chi connectivity index (χ4n) is 3.99. The summed E-state index contributed by atoms with van der Waals surface area (Å²) in [7, 11) is 0. The highest BCUT2D eigenvalue weighted by atomic mass is 19.1. The third-order valence-electron chi connectivity index (χ3n) is 6.33. The normalized spacial score (nSPS) is 9.57. The number of rotatable bonds is 7. The molecule has 0 bridgehead atoms. The Morgan fingerprint density at radius 2 is 1.27 bits per heavy atom. The first-order valence-electron chi connectivity index (χ1n) is 16.1. The molecule has 0 atom stereocenters. The Labute approximate surface area is 270 Å². The third kappa shape index (κ3) is 15.5. The standard InChI is InChI=1S/C16H17FN2.C14H14.C5H12.2C2H6.C2H4/c1-11-7-5-6-8-15(11)12(2)9-13(3)19-14(4)16(17)10-18-19;1-2-12-8-10-14(11-9-12)13-6-4-3-5-7-13;1-3-5-4-2;3*1-2/h5-10H,2H2,1,3-4H3;3-11H,2H2,1H3;3-5H2,1-2H3;2*1-2H3;1-2H2/b13-9-;;;;;. The van der Waals surface area contributed by atoms with Crippen LogP contribution in [0.1, 0.15) is 97.0 Å². The molecule has 44 heavy (non-hydrogen) atoms. The first kappa shape index (κ1) is 42.2. The van der Waals surface area contributed by atoms with E-state index in [0.29, 0.717) is 5.69 Å². The minimum Gasteiger partial charge on any atom is -0.239 e. The summed E-state index contributed by atoms with van der Waals surface area (Å²) >= 11 is 0. The lowest BCUT2D eigenvalue weighted by molar-refractivity contribution is 0.616. The van der Waals surface area contributed by atoms with E-state index in [1.807, 2.05) is 78.0 Å². The molecule has 0 N–H and O–H groups in total. The number of aromatic nitrogens is 2. The number of hydrogen-bond donors (Lipinski definition) is 0. The van der Waals surface area contributed by atoms with Crippen LogP contribution in [0.25, 0.3) is 22.4 Å². The molecule has 0 unspecified atom stereocenters. The van der Waals surface area contributed by atoms with Gasteiger partial charge in [0.2, 0.25) is 0 Å². The number of nitrogens with zero attached hydrogens (tertiary/aromatic N) is 2. The molecular weight excluding hydrogens is 539 g/mol. The Hall–Kier alpha value is -3.98. The zero-order valence-corrected chi connectivity index (χ0v) is 29.4. The number of halogens is 1. The van der Waals surface area contributed by atoms with Gasteiger partial charge in [-0.2, -0.15) is 5.10 Å².